The largest absolute Gasteiger partial charge is 0.455 e. The minimum Gasteiger partial charge on any atom is -0.379 e. The van der Waals surface area contributed by atoms with Gasteiger partial charge in [0.1, 0.15) is 5.82 Å². The van der Waals surface area contributed by atoms with Crippen LogP contribution >= 0.6 is 9.24 Å². The van der Waals surface area contributed by atoms with Crippen LogP contribution in [0.25, 0.3) is 0 Å². The Kier molecular flexibility index (Phi) is 9.45. The standard InChI is InChI=1S/C26H27F6N4O2P/c1-15-3-4-19(35-24(37)17-9-18(27)11-20(10-17)36-5-7-38-8-6-36)12-21(15)22(33)13-23(39)16(2)34-14-25(28,29)26(30,31)32/h3-4,9-13,33-34H,2,5-8,14,39H2,1H3,(H,35,37)/b23-13-,33-22?. The molecule has 1 aliphatic rings. The number of halogens is 6. The first-order valence-electron chi connectivity index (χ1n) is 11.7. The number of ether oxygens (including phenoxy) is 1. The third-order valence-electron chi connectivity index (χ3n) is 5.89. The molecular weight excluding hydrogens is 545 g/mol. The van der Waals surface area contributed by atoms with E-state index in [4.69, 9.17) is 10.1 Å². The Morgan fingerprint density at radius 1 is 1.15 bits per heavy atom. The van der Waals surface area contributed by atoms with Crippen molar-refractivity contribution in [3.63, 3.8) is 0 Å². The molecule has 13 heteroatoms. The van der Waals surface area contributed by atoms with Crippen molar-refractivity contribution < 1.29 is 35.9 Å². The number of carbonyl (C=O) groups excluding carboxylic acids is 1. The number of morpholine rings is 1. The Morgan fingerprint density at radius 3 is 2.46 bits per heavy atom. The Hall–Kier alpha value is -3.37. The van der Waals surface area contributed by atoms with E-state index in [0.717, 1.165) is 6.07 Å². The number of nitrogens with one attached hydrogen (secondary N) is 3. The first-order chi connectivity index (χ1) is 18.2. The second kappa shape index (κ2) is 12.2. The summed E-state index contributed by atoms with van der Waals surface area (Å²) in [7, 11) is 2.13. The van der Waals surface area contributed by atoms with Crippen LogP contribution in [-0.2, 0) is 4.74 Å². The van der Waals surface area contributed by atoms with Crippen molar-refractivity contribution >= 4 is 32.2 Å². The summed E-state index contributed by atoms with van der Waals surface area (Å²) in [5, 5.41) is 13.1. The van der Waals surface area contributed by atoms with Crippen molar-refractivity contribution in [2.45, 2.75) is 19.0 Å². The minimum absolute atomic E-state index is 0.0854. The van der Waals surface area contributed by atoms with E-state index < -0.39 is 30.4 Å². The van der Waals surface area contributed by atoms with Crippen LogP contribution < -0.4 is 15.5 Å². The molecule has 3 N–H and O–H groups in total. The van der Waals surface area contributed by atoms with Gasteiger partial charge in [0.25, 0.3) is 5.91 Å². The van der Waals surface area contributed by atoms with Crippen LogP contribution in [0.5, 0.6) is 0 Å². The fraction of sp³-hybridized carbons (Fsp3) is 0.308. The number of hydrogen-bond acceptors (Lipinski definition) is 5. The fourth-order valence-electron chi connectivity index (χ4n) is 3.64. The molecule has 2 aromatic carbocycles. The average molecular weight is 572 g/mol. The van der Waals surface area contributed by atoms with E-state index >= 15 is 0 Å². The van der Waals surface area contributed by atoms with E-state index in [1.54, 1.807) is 25.1 Å². The van der Waals surface area contributed by atoms with E-state index in [0.29, 0.717) is 48.8 Å². The predicted molar refractivity (Wildman–Crippen MR) is 141 cm³/mol. The van der Waals surface area contributed by atoms with E-state index in [9.17, 15) is 31.1 Å². The zero-order valence-electron chi connectivity index (χ0n) is 20.9. The van der Waals surface area contributed by atoms with Gasteiger partial charge in [-0.15, -0.1) is 9.24 Å². The minimum atomic E-state index is -5.71. The molecule has 1 saturated heterocycles. The highest BCUT2D eigenvalue weighted by Crippen LogP contribution is 2.35. The molecule has 6 nitrogen and oxygen atoms in total. The first-order valence-corrected chi connectivity index (χ1v) is 12.2. The van der Waals surface area contributed by atoms with Gasteiger partial charge in [-0.3, -0.25) is 4.79 Å². The molecule has 0 aromatic heterocycles. The molecule has 2 aromatic rings. The van der Waals surface area contributed by atoms with Crippen molar-refractivity contribution in [1.29, 1.82) is 5.41 Å². The first kappa shape index (κ1) is 30.2. The van der Waals surface area contributed by atoms with E-state index in [1.165, 1.54) is 18.2 Å². The van der Waals surface area contributed by atoms with Gasteiger partial charge in [0, 0.05) is 41.3 Å². The number of rotatable bonds is 9. The molecule has 1 aliphatic heterocycles. The molecule has 0 bridgehead atoms. The molecule has 0 radical (unpaired) electrons. The van der Waals surface area contributed by atoms with Gasteiger partial charge < -0.3 is 25.7 Å². The van der Waals surface area contributed by atoms with Crippen LogP contribution in [0.2, 0.25) is 0 Å². The third-order valence-corrected chi connectivity index (χ3v) is 6.41. The van der Waals surface area contributed by atoms with Crippen molar-refractivity contribution in [2.75, 3.05) is 43.1 Å². The molecular formula is C26H27F6N4O2P. The fourth-order valence-corrected chi connectivity index (χ4v) is 3.91. The Labute approximate surface area is 223 Å². The summed E-state index contributed by atoms with van der Waals surface area (Å²) in [6.45, 7) is 5.55. The van der Waals surface area contributed by atoms with Gasteiger partial charge in [-0.05, 0) is 54.2 Å². The second-order valence-corrected chi connectivity index (χ2v) is 9.45. The predicted octanol–water partition coefficient (Wildman–Crippen LogP) is 5.65. The molecule has 1 amide bonds. The lowest BCUT2D eigenvalue weighted by atomic mass is 10.0. The highest BCUT2D eigenvalue weighted by molar-refractivity contribution is 7.23. The molecule has 1 fully saturated rings. The summed E-state index contributed by atoms with van der Waals surface area (Å²) in [5.74, 6) is -6.10. The molecule has 1 unspecified atom stereocenters. The maximum atomic E-state index is 14.3. The van der Waals surface area contributed by atoms with Crippen LogP contribution in [0.1, 0.15) is 21.5 Å². The van der Waals surface area contributed by atoms with Gasteiger partial charge in [0.15, 0.2) is 0 Å². The van der Waals surface area contributed by atoms with E-state index in [2.05, 4.69) is 21.1 Å². The zero-order valence-corrected chi connectivity index (χ0v) is 22.0. The summed E-state index contributed by atoms with van der Waals surface area (Å²) in [6, 6.07) is 8.76. The highest BCUT2D eigenvalue weighted by atomic mass is 31.0. The number of aryl methyl sites for hydroxylation is 1. The van der Waals surface area contributed by atoms with Crippen molar-refractivity contribution in [2.24, 2.45) is 0 Å². The number of alkyl halides is 5. The number of amides is 1. The van der Waals surface area contributed by atoms with Gasteiger partial charge in [-0.1, -0.05) is 12.6 Å². The number of benzene rings is 2. The lowest BCUT2D eigenvalue weighted by Crippen LogP contribution is -2.44. The Morgan fingerprint density at radius 2 is 1.82 bits per heavy atom. The van der Waals surface area contributed by atoms with Crippen LogP contribution in [0.15, 0.2) is 60.1 Å². The highest BCUT2D eigenvalue weighted by Gasteiger charge is 2.57. The summed E-state index contributed by atoms with van der Waals surface area (Å²) < 4.78 is 83.1. The SMILES string of the molecule is C=C(NCC(F)(F)C(F)(F)F)/C(P)=C/C(=N)c1cc(NC(=O)c2cc(F)cc(N3CCOCC3)c2)ccc1C. The number of nitrogens with zero attached hydrogens (tertiary/aromatic N) is 1. The van der Waals surface area contributed by atoms with Crippen molar-refractivity contribution in [3.8, 4) is 0 Å². The molecule has 0 saturated carbocycles. The normalized spacial score (nSPS) is 14.7. The van der Waals surface area contributed by atoms with Crippen LogP contribution in [0.3, 0.4) is 0 Å². The molecule has 0 aliphatic carbocycles. The molecule has 210 valence electrons. The van der Waals surface area contributed by atoms with Gasteiger partial charge in [0.05, 0.1) is 25.5 Å². The van der Waals surface area contributed by atoms with Gasteiger partial charge in [-0.2, -0.15) is 22.0 Å². The maximum absolute atomic E-state index is 14.3. The monoisotopic (exact) mass is 572 g/mol. The van der Waals surface area contributed by atoms with E-state index in [-0.39, 0.29) is 22.3 Å². The van der Waals surface area contributed by atoms with Crippen molar-refractivity contribution in [1.82, 2.24) is 5.32 Å². The number of allylic oxidation sites excluding steroid dienone is 2. The number of hydrogen-bond donors (Lipinski definition) is 3. The summed E-state index contributed by atoms with van der Waals surface area (Å²) in [6.07, 6.45) is -4.49. The quantitative estimate of drug-likeness (QED) is 0.157. The van der Waals surface area contributed by atoms with E-state index in [1.807, 2.05) is 10.2 Å². The summed E-state index contributed by atoms with van der Waals surface area (Å²) >= 11 is 0. The van der Waals surface area contributed by atoms with Crippen LogP contribution in [0.4, 0.5) is 37.7 Å². The van der Waals surface area contributed by atoms with Crippen LogP contribution in [0, 0.1) is 18.2 Å². The lowest BCUT2D eigenvalue weighted by molar-refractivity contribution is -0.278. The number of carbonyl (C=O) groups is 1. The molecule has 39 heavy (non-hydrogen) atoms. The van der Waals surface area contributed by atoms with Crippen molar-refractivity contribution in [3.05, 3.63) is 82.6 Å². The van der Waals surface area contributed by atoms with Crippen LogP contribution in [-0.4, -0.2) is 56.6 Å². The van der Waals surface area contributed by atoms with Gasteiger partial charge >= 0.3 is 12.1 Å². The Balaban J connectivity index is 1.73. The van der Waals surface area contributed by atoms with Gasteiger partial charge in [-0.25, -0.2) is 4.39 Å². The molecule has 3 rings (SSSR count). The molecule has 0 spiro atoms. The Bertz CT molecular complexity index is 1290. The maximum Gasteiger partial charge on any atom is 0.455 e. The smallest absolute Gasteiger partial charge is 0.379 e. The van der Waals surface area contributed by atoms with Gasteiger partial charge in [0.2, 0.25) is 0 Å². The molecule has 1 heterocycles. The third kappa shape index (κ3) is 7.83. The summed E-state index contributed by atoms with van der Waals surface area (Å²) in [5.41, 5.74) is 1.60. The second-order valence-electron chi connectivity index (χ2n) is 8.83. The lowest BCUT2D eigenvalue weighted by Gasteiger charge is -2.29. The molecule has 1 atom stereocenters. The average Bonchev–Trinajstić information content (AvgIpc) is 2.87. The zero-order chi connectivity index (χ0) is 29.0. The topological polar surface area (TPSA) is 77.5 Å². The summed E-state index contributed by atoms with van der Waals surface area (Å²) in [4.78, 5) is 14.8. The number of anilines is 2.